The van der Waals surface area contributed by atoms with Gasteiger partial charge in [0, 0.05) is 19.5 Å². The maximum atomic E-state index is 11.9. The van der Waals surface area contributed by atoms with Crippen LogP contribution in [0, 0.1) is 18.3 Å². The summed E-state index contributed by atoms with van der Waals surface area (Å²) in [5.41, 5.74) is 0.565. The molecule has 0 aromatic carbocycles. The zero-order chi connectivity index (χ0) is 12.8. The third-order valence-corrected chi connectivity index (χ3v) is 2.87. The highest BCUT2D eigenvalue weighted by Crippen LogP contribution is 2.16. The monoisotopic (exact) mass is 297 g/mol. The van der Waals surface area contributed by atoms with Crippen molar-refractivity contribution in [2.75, 3.05) is 11.9 Å². The second-order valence-electron chi connectivity index (χ2n) is 4.13. The van der Waals surface area contributed by atoms with E-state index in [2.05, 4.69) is 32.3 Å². The summed E-state index contributed by atoms with van der Waals surface area (Å²) in [7, 11) is 0. The maximum Gasteiger partial charge on any atom is 0.283 e. The zero-order valence-corrected chi connectivity index (χ0v) is 11.6. The molecule has 92 valence electrons. The Kier molecular flexibility index (Phi) is 5.23. The summed E-state index contributed by atoms with van der Waals surface area (Å²) < 4.78 is 1.96. The summed E-state index contributed by atoms with van der Waals surface area (Å²) in [6, 6.07) is 0. The Morgan fingerprint density at radius 2 is 2.35 bits per heavy atom. The normalized spacial score (nSPS) is 10.3. The van der Waals surface area contributed by atoms with Crippen LogP contribution >= 0.6 is 15.9 Å². The van der Waals surface area contributed by atoms with E-state index < -0.39 is 0 Å². The number of nitrogens with zero attached hydrogens (tertiary/aromatic N) is 2. The van der Waals surface area contributed by atoms with E-state index in [4.69, 9.17) is 6.42 Å². The lowest BCUT2D eigenvalue weighted by molar-refractivity contribution is 0.462. The molecule has 0 radical (unpaired) electrons. The molecular weight excluding hydrogens is 282 g/mol. The van der Waals surface area contributed by atoms with Crippen molar-refractivity contribution in [2.24, 2.45) is 5.92 Å². The highest BCUT2D eigenvalue weighted by Gasteiger charge is 2.09. The lowest BCUT2D eigenvalue weighted by atomic mass is 10.2. The first-order valence-corrected chi connectivity index (χ1v) is 6.28. The molecule has 0 saturated heterocycles. The minimum Gasteiger partial charge on any atom is -0.382 e. The molecule has 0 unspecified atom stereocenters. The van der Waals surface area contributed by atoms with Crippen molar-refractivity contribution in [3.8, 4) is 12.3 Å². The third kappa shape index (κ3) is 3.90. The van der Waals surface area contributed by atoms with Gasteiger partial charge in [0.05, 0.1) is 11.9 Å². The molecule has 0 spiro atoms. The van der Waals surface area contributed by atoms with Crippen molar-refractivity contribution < 1.29 is 0 Å². The van der Waals surface area contributed by atoms with Gasteiger partial charge in [0.1, 0.15) is 4.47 Å². The minimum atomic E-state index is -0.121. The Labute approximate surface area is 110 Å². The fraction of sp³-hybridized carbons (Fsp3) is 0.500. The summed E-state index contributed by atoms with van der Waals surface area (Å²) >= 11 is 3.29. The molecule has 1 aromatic rings. The van der Waals surface area contributed by atoms with Crippen LogP contribution in [-0.4, -0.2) is 16.3 Å². The summed E-state index contributed by atoms with van der Waals surface area (Å²) in [6.07, 6.45) is 7.41. The predicted molar refractivity (Wildman–Crippen MR) is 73.0 cm³/mol. The topological polar surface area (TPSA) is 46.9 Å². The van der Waals surface area contributed by atoms with Gasteiger partial charge in [-0.2, -0.15) is 5.10 Å². The Hall–Kier alpha value is -1.28. The van der Waals surface area contributed by atoms with E-state index in [1.54, 1.807) is 6.20 Å². The second kappa shape index (κ2) is 6.45. The Balaban J connectivity index is 2.87. The first-order chi connectivity index (χ1) is 8.06. The Morgan fingerprint density at radius 1 is 1.65 bits per heavy atom. The molecule has 0 aliphatic rings. The number of rotatable bonds is 5. The molecule has 0 bridgehead atoms. The Morgan fingerprint density at radius 3 is 2.94 bits per heavy atom. The van der Waals surface area contributed by atoms with Crippen molar-refractivity contribution in [3.05, 3.63) is 21.0 Å². The molecule has 0 fully saturated rings. The standard InChI is InChI=1S/C12H16BrN3O/c1-4-5-6-14-10-7-15-16(8-9(2)3)12(17)11(10)13/h1,7,9,14H,5-6,8H2,2-3H3. The van der Waals surface area contributed by atoms with E-state index >= 15 is 0 Å². The van der Waals surface area contributed by atoms with E-state index in [9.17, 15) is 4.79 Å². The molecule has 1 rings (SSSR count). The van der Waals surface area contributed by atoms with E-state index in [-0.39, 0.29) is 5.56 Å². The van der Waals surface area contributed by atoms with Gasteiger partial charge in [-0.3, -0.25) is 4.79 Å². The SMILES string of the molecule is C#CCCNc1cnn(CC(C)C)c(=O)c1Br. The number of nitrogens with one attached hydrogen (secondary N) is 1. The lowest BCUT2D eigenvalue weighted by Crippen LogP contribution is -2.26. The molecule has 0 aliphatic carbocycles. The molecular formula is C12H16BrN3O. The molecule has 0 amide bonds. The van der Waals surface area contributed by atoms with Crippen LogP contribution in [0.15, 0.2) is 15.5 Å². The lowest BCUT2D eigenvalue weighted by Gasteiger charge is -2.11. The van der Waals surface area contributed by atoms with Crippen LogP contribution in [0.4, 0.5) is 5.69 Å². The van der Waals surface area contributed by atoms with E-state index in [1.165, 1.54) is 4.68 Å². The molecule has 0 aliphatic heterocycles. The van der Waals surface area contributed by atoms with Crippen LogP contribution in [0.2, 0.25) is 0 Å². The van der Waals surface area contributed by atoms with Crippen molar-refractivity contribution in [1.82, 2.24) is 9.78 Å². The molecule has 0 atom stereocenters. The van der Waals surface area contributed by atoms with Crippen molar-refractivity contribution in [2.45, 2.75) is 26.8 Å². The van der Waals surface area contributed by atoms with Gasteiger partial charge in [-0.1, -0.05) is 13.8 Å². The van der Waals surface area contributed by atoms with Crippen molar-refractivity contribution >= 4 is 21.6 Å². The summed E-state index contributed by atoms with van der Waals surface area (Å²) in [4.78, 5) is 11.9. The van der Waals surface area contributed by atoms with E-state index in [1.807, 2.05) is 13.8 Å². The van der Waals surface area contributed by atoms with Gasteiger partial charge in [-0.15, -0.1) is 12.3 Å². The average Bonchev–Trinajstić information content (AvgIpc) is 2.28. The molecule has 1 heterocycles. The highest BCUT2D eigenvalue weighted by molar-refractivity contribution is 9.10. The average molecular weight is 298 g/mol. The van der Waals surface area contributed by atoms with Gasteiger partial charge >= 0.3 is 0 Å². The van der Waals surface area contributed by atoms with Gasteiger partial charge in [0.15, 0.2) is 0 Å². The maximum absolute atomic E-state index is 11.9. The smallest absolute Gasteiger partial charge is 0.283 e. The second-order valence-corrected chi connectivity index (χ2v) is 4.93. The number of terminal acetylenes is 1. The number of halogens is 1. The summed E-state index contributed by atoms with van der Waals surface area (Å²) in [5.74, 6) is 2.91. The third-order valence-electron chi connectivity index (χ3n) is 2.11. The van der Waals surface area contributed by atoms with Crippen LogP contribution in [0.3, 0.4) is 0 Å². The number of aromatic nitrogens is 2. The number of hydrogen-bond donors (Lipinski definition) is 1. The molecule has 17 heavy (non-hydrogen) atoms. The van der Waals surface area contributed by atoms with Gasteiger partial charge in [0.2, 0.25) is 0 Å². The van der Waals surface area contributed by atoms with Gasteiger partial charge in [0.25, 0.3) is 5.56 Å². The molecule has 4 nitrogen and oxygen atoms in total. The van der Waals surface area contributed by atoms with E-state index in [0.717, 1.165) is 0 Å². The first kappa shape index (κ1) is 13.8. The number of hydrogen-bond acceptors (Lipinski definition) is 3. The first-order valence-electron chi connectivity index (χ1n) is 5.49. The van der Waals surface area contributed by atoms with Gasteiger partial charge in [-0.05, 0) is 21.8 Å². The molecule has 1 N–H and O–H groups in total. The molecule has 5 heteroatoms. The summed E-state index contributed by atoms with van der Waals surface area (Å²) in [6.45, 7) is 5.33. The fourth-order valence-corrected chi connectivity index (χ4v) is 1.78. The largest absolute Gasteiger partial charge is 0.382 e. The fourth-order valence-electron chi connectivity index (χ4n) is 1.33. The number of anilines is 1. The zero-order valence-electron chi connectivity index (χ0n) is 10.0. The molecule has 0 saturated carbocycles. The van der Waals surface area contributed by atoms with Crippen LogP contribution in [0.1, 0.15) is 20.3 Å². The Bertz CT molecular complexity index is 474. The van der Waals surface area contributed by atoms with Gasteiger partial charge in [-0.25, -0.2) is 4.68 Å². The summed E-state index contributed by atoms with van der Waals surface area (Å²) in [5, 5.41) is 7.19. The predicted octanol–water partition coefficient (Wildman–Crippen LogP) is 2.10. The van der Waals surface area contributed by atoms with Gasteiger partial charge < -0.3 is 5.32 Å². The van der Waals surface area contributed by atoms with Crippen molar-refractivity contribution in [1.29, 1.82) is 0 Å². The van der Waals surface area contributed by atoms with Crippen LogP contribution < -0.4 is 10.9 Å². The van der Waals surface area contributed by atoms with Crippen LogP contribution in [0.25, 0.3) is 0 Å². The molecule has 1 aromatic heterocycles. The quantitative estimate of drug-likeness (QED) is 0.669. The van der Waals surface area contributed by atoms with E-state index in [0.29, 0.717) is 35.6 Å². The minimum absolute atomic E-state index is 0.121. The van der Waals surface area contributed by atoms with Crippen LogP contribution in [0.5, 0.6) is 0 Å². The highest BCUT2D eigenvalue weighted by atomic mass is 79.9. The van der Waals surface area contributed by atoms with Crippen LogP contribution in [-0.2, 0) is 6.54 Å². The van der Waals surface area contributed by atoms with Crippen molar-refractivity contribution in [3.63, 3.8) is 0 Å².